The highest BCUT2D eigenvalue weighted by molar-refractivity contribution is 7.90. The van der Waals surface area contributed by atoms with Gasteiger partial charge in [-0.1, -0.05) is 6.07 Å². The van der Waals surface area contributed by atoms with E-state index < -0.39 is 11.2 Å². The highest BCUT2D eigenvalue weighted by Gasteiger charge is 2.17. The first kappa shape index (κ1) is 12.5. The molecule has 92 valence electrons. The van der Waals surface area contributed by atoms with Crippen LogP contribution in [0.15, 0.2) is 23.1 Å². The second-order valence-electron chi connectivity index (χ2n) is 4.39. The van der Waals surface area contributed by atoms with Crippen LogP contribution in [-0.4, -0.2) is 34.7 Å². The van der Waals surface area contributed by atoms with Gasteiger partial charge in [-0.3, -0.25) is 4.79 Å². The summed E-state index contributed by atoms with van der Waals surface area (Å²) in [4.78, 5) is 14.1. The van der Waals surface area contributed by atoms with Crippen molar-refractivity contribution in [3.8, 4) is 0 Å². The van der Waals surface area contributed by atoms with E-state index in [0.717, 1.165) is 30.8 Å². The van der Waals surface area contributed by atoms with Gasteiger partial charge >= 0.3 is 0 Å². The summed E-state index contributed by atoms with van der Waals surface area (Å²) >= 11 is -0.931. The van der Waals surface area contributed by atoms with E-state index in [-0.39, 0.29) is 5.91 Å². The monoisotopic (exact) mass is 251 g/mol. The maximum atomic E-state index is 11.4. The molecule has 17 heavy (non-hydrogen) atoms. The van der Waals surface area contributed by atoms with Gasteiger partial charge in [0.05, 0.1) is 0 Å². The number of rotatable bonds is 1. The van der Waals surface area contributed by atoms with Crippen LogP contribution < -0.4 is 0 Å². The highest BCUT2D eigenvalue weighted by atomic mass is 32.2. The highest BCUT2D eigenvalue weighted by Crippen LogP contribution is 2.20. The molecule has 1 atom stereocenters. The average molecular weight is 251 g/mol. The molecule has 1 aromatic carbocycles. The van der Waals surface area contributed by atoms with Gasteiger partial charge in [-0.2, -0.15) is 0 Å². The van der Waals surface area contributed by atoms with Crippen LogP contribution in [-0.2, 0) is 28.8 Å². The first-order chi connectivity index (χ1) is 8.08. The van der Waals surface area contributed by atoms with Gasteiger partial charge in [-0.15, -0.1) is 0 Å². The lowest BCUT2D eigenvalue weighted by atomic mass is 10.0. The van der Waals surface area contributed by atoms with Gasteiger partial charge in [-0.25, -0.2) is 0 Å². The molecule has 1 amide bonds. The van der Waals surface area contributed by atoms with Gasteiger partial charge in [0, 0.05) is 20.0 Å². The largest absolute Gasteiger partial charge is 0.612 e. The van der Waals surface area contributed by atoms with Crippen LogP contribution in [0.1, 0.15) is 18.1 Å². The Morgan fingerprint density at radius 1 is 1.29 bits per heavy atom. The Labute approximate surface area is 105 Å². The molecule has 0 aliphatic carbocycles. The molecule has 0 saturated heterocycles. The van der Waals surface area contributed by atoms with Gasteiger partial charge in [0.25, 0.3) is 0 Å². The second kappa shape index (κ2) is 5.10. The average Bonchev–Trinajstić information content (AvgIpc) is 2.50. The Balaban J connectivity index is 2.22. The van der Waals surface area contributed by atoms with Gasteiger partial charge in [0.15, 0.2) is 4.90 Å². The van der Waals surface area contributed by atoms with Crippen molar-refractivity contribution in [2.24, 2.45) is 0 Å². The molecule has 1 aliphatic rings. The SMILES string of the molecule is CC(=O)N1CCc2ccc([S+](C)[O-])cc2CC1. The minimum Gasteiger partial charge on any atom is -0.612 e. The van der Waals surface area contributed by atoms with E-state index in [1.165, 1.54) is 11.1 Å². The Kier molecular flexibility index (Phi) is 3.74. The van der Waals surface area contributed by atoms with Crippen molar-refractivity contribution in [3.05, 3.63) is 29.3 Å². The summed E-state index contributed by atoms with van der Waals surface area (Å²) < 4.78 is 11.4. The summed E-state index contributed by atoms with van der Waals surface area (Å²) in [5, 5.41) is 0. The van der Waals surface area contributed by atoms with Crippen molar-refractivity contribution >= 4 is 17.1 Å². The van der Waals surface area contributed by atoms with Crippen LogP contribution in [0.25, 0.3) is 0 Å². The van der Waals surface area contributed by atoms with E-state index in [2.05, 4.69) is 6.07 Å². The summed E-state index contributed by atoms with van der Waals surface area (Å²) in [6.45, 7) is 3.17. The molecule has 0 N–H and O–H groups in total. The molecule has 0 aromatic heterocycles. The Morgan fingerprint density at radius 3 is 2.53 bits per heavy atom. The summed E-state index contributed by atoms with van der Waals surface area (Å²) in [6.07, 6.45) is 3.45. The molecule has 0 spiro atoms. The van der Waals surface area contributed by atoms with Gasteiger partial charge < -0.3 is 9.45 Å². The number of carbonyl (C=O) groups is 1. The predicted molar refractivity (Wildman–Crippen MR) is 68.4 cm³/mol. The Bertz CT molecular complexity index is 431. The van der Waals surface area contributed by atoms with Crippen molar-refractivity contribution < 1.29 is 9.35 Å². The minimum atomic E-state index is -0.931. The Morgan fingerprint density at radius 2 is 1.94 bits per heavy atom. The van der Waals surface area contributed by atoms with Gasteiger partial charge in [0.1, 0.15) is 6.26 Å². The maximum Gasteiger partial charge on any atom is 0.219 e. The van der Waals surface area contributed by atoms with E-state index in [1.807, 2.05) is 17.0 Å². The lowest BCUT2D eigenvalue weighted by Crippen LogP contribution is -2.30. The van der Waals surface area contributed by atoms with Crippen molar-refractivity contribution in [1.29, 1.82) is 0 Å². The van der Waals surface area contributed by atoms with Crippen LogP contribution in [0.4, 0.5) is 0 Å². The molecule has 0 saturated carbocycles. The zero-order valence-electron chi connectivity index (χ0n) is 10.2. The fourth-order valence-corrected chi connectivity index (χ4v) is 2.76. The molecular formula is C13H17NO2S. The van der Waals surface area contributed by atoms with Crippen LogP contribution >= 0.6 is 0 Å². The standard InChI is InChI=1S/C13H17NO2S/c1-10(15)14-7-5-11-3-4-13(17(2)16)9-12(11)6-8-14/h3-4,9H,5-8H2,1-2H3. The first-order valence-corrected chi connectivity index (χ1v) is 7.34. The third-order valence-corrected chi connectivity index (χ3v) is 4.17. The molecule has 2 rings (SSSR count). The predicted octanol–water partition coefficient (Wildman–Crippen LogP) is 1.37. The number of benzene rings is 1. The number of carbonyl (C=O) groups excluding carboxylic acids is 1. The lowest BCUT2D eigenvalue weighted by molar-refractivity contribution is -0.128. The summed E-state index contributed by atoms with van der Waals surface area (Å²) in [5.74, 6) is 0.136. The number of hydrogen-bond acceptors (Lipinski definition) is 2. The molecule has 1 unspecified atom stereocenters. The van der Waals surface area contributed by atoms with E-state index in [0.29, 0.717) is 0 Å². The molecule has 0 radical (unpaired) electrons. The van der Waals surface area contributed by atoms with E-state index in [9.17, 15) is 9.35 Å². The zero-order valence-corrected chi connectivity index (χ0v) is 11.0. The molecule has 1 aliphatic heterocycles. The van der Waals surface area contributed by atoms with Gasteiger partial charge in [-0.05, 0) is 47.3 Å². The van der Waals surface area contributed by atoms with E-state index in [4.69, 9.17) is 0 Å². The number of hydrogen-bond donors (Lipinski definition) is 0. The van der Waals surface area contributed by atoms with E-state index >= 15 is 0 Å². The summed E-state index contributed by atoms with van der Waals surface area (Å²) in [7, 11) is 0. The molecule has 0 fully saturated rings. The van der Waals surface area contributed by atoms with Gasteiger partial charge in [0.2, 0.25) is 5.91 Å². The van der Waals surface area contributed by atoms with Crippen molar-refractivity contribution in [2.75, 3.05) is 19.3 Å². The topological polar surface area (TPSA) is 43.4 Å². The van der Waals surface area contributed by atoms with Crippen molar-refractivity contribution in [2.45, 2.75) is 24.7 Å². The first-order valence-electron chi connectivity index (χ1n) is 5.78. The second-order valence-corrected chi connectivity index (χ2v) is 5.77. The Hall–Kier alpha value is -1.00. The molecule has 1 aromatic rings. The number of amides is 1. The van der Waals surface area contributed by atoms with Crippen LogP contribution in [0.5, 0.6) is 0 Å². The van der Waals surface area contributed by atoms with Crippen LogP contribution in [0.3, 0.4) is 0 Å². The quantitative estimate of drug-likeness (QED) is 0.708. The fraction of sp³-hybridized carbons (Fsp3) is 0.462. The zero-order chi connectivity index (χ0) is 12.4. The third-order valence-electron chi connectivity index (χ3n) is 3.26. The molecular weight excluding hydrogens is 234 g/mol. The third kappa shape index (κ3) is 2.82. The molecule has 4 heteroatoms. The number of fused-ring (bicyclic) bond motifs is 1. The fourth-order valence-electron chi connectivity index (χ4n) is 2.20. The van der Waals surface area contributed by atoms with E-state index in [1.54, 1.807) is 13.2 Å². The molecule has 3 nitrogen and oxygen atoms in total. The minimum absolute atomic E-state index is 0.136. The maximum absolute atomic E-state index is 11.4. The normalized spacial score (nSPS) is 17.2. The summed E-state index contributed by atoms with van der Waals surface area (Å²) in [6, 6.07) is 6.00. The summed E-state index contributed by atoms with van der Waals surface area (Å²) in [5.41, 5.74) is 2.52. The van der Waals surface area contributed by atoms with Crippen molar-refractivity contribution in [1.82, 2.24) is 4.90 Å². The number of nitrogens with zero attached hydrogens (tertiary/aromatic N) is 1. The van der Waals surface area contributed by atoms with Crippen molar-refractivity contribution in [3.63, 3.8) is 0 Å². The van der Waals surface area contributed by atoms with Crippen LogP contribution in [0.2, 0.25) is 0 Å². The smallest absolute Gasteiger partial charge is 0.219 e. The van der Waals surface area contributed by atoms with Crippen LogP contribution in [0, 0.1) is 0 Å². The molecule has 0 bridgehead atoms. The molecule has 1 heterocycles. The lowest BCUT2D eigenvalue weighted by Gasteiger charge is -2.17.